The van der Waals surface area contributed by atoms with Crippen LogP contribution in [0.2, 0.25) is 0 Å². The predicted molar refractivity (Wildman–Crippen MR) is 85.7 cm³/mol. The molecule has 2 rings (SSSR count). The zero-order valence-electron chi connectivity index (χ0n) is 12.4. The molecule has 0 aromatic heterocycles. The molecular formula is C18H20ClFO. The van der Waals surface area contributed by atoms with Gasteiger partial charge < -0.3 is 4.74 Å². The normalized spacial score (nSPS) is 12.2. The van der Waals surface area contributed by atoms with Crippen LogP contribution in [-0.4, -0.2) is 13.0 Å². The number of benzene rings is 2. The maximum absolute atomic E-state index is 13.7. The van der Waals surface area contributed by atoms with Gasteiger partial charge in [0, 0.05) is 5.88 Å². The average Bonchev–Trinajstić information content (AvgIpc) is 2.49. The first-order valence-corrected chi connectivity index (χ1v) is 7.59. The molecule has 1 nitrogen and oxygen atoms in total. The molecule has 0 N–H and O–H groups in total. The predicted octanol–water partition coefficient (Wildman–Crippen LogP) is 4.78. The number of alkyl halides is 1. The smallest absolute Gasteiger partial charge is 0.165 e. The maximum atomic E-state index is 13.7. The third-order valence-electron chi connectivity index (χ3n) is 3.60. The molecule has 3 heteroatoms. The average molecular weight is 307 g/mol. The number of halogens is 2. The van der Waals surface area contributed by atoms with Crippen molar-refractivity contribution in [3.63, 3.8) is 0 Å². The Morgan fingerprint density at radius 1 is 1.05 bits per heavy atom. The molecule has 1 unspecified atom stereocenters. The molecule has 0 aliphatic rings. The van der Waals surface area contributed by atoms with Gasteiger partial charge in [0.05, 0.1) is 7.11 Å². The van der Waals surface area contributed by atoms with E-state index in [9.17, 15) is 4.39 Å². The van der Waals surface area contributed by atoms with Gasteiger partial charge in [-0.3, -0.25) is 0 Å². The van der Waals surface area contributed by atoms with Crippen LogP contribution in [0.3, 0.4) is 0 Å². The van der Waals surface area contributed by atoms with Gasteiger partial charge in [-0.25, -0.2) is 4.39 Å². The van der Waals surface area contributed by atoms with Crippen molar-refractivity contribution in [2.45, 2.75) is 19.8 Å². The second-order valence-corrected chi connectivity index (χ2v) is 5.69. The van der Waals surface area contributed by atoms with Crippen LogP contribution in [0.1, 0.15) is 16.7 Å². The summed E-state index contributed by atoms with van der Waals surface area (Å²) in [7, 11) is 1.47. The monoisotopic (exact) mass is 306 g/mol. The van der Waals surface area contributed by atoms with Crippen LogP contribution in [0, 0.1) is 18.7 Å². The molecule has 0 fully saturated rings. The minimum atomic E-state index is -0.321. The van der Waals surface area contributed by atoms with Gasteiger partial charge in [0.15, 0.2) is 11.6 Å². The summed E-state index contributed by atoms with van der Waals surface area (Å²) in [6.45, 7) is 2.07. The van der Waals surface area contributed by atoms with Crippen LogP contribution in [-0.2, 0) is 12.8 Å². The van der Waals surface area contributed by atoms with E-state index in [1.54, 1.807) is 6.07 Å². The molecule has 21 heavy (non-hydrogen) atoms. The van der Waals surface area contributed by atoms with Crippen LogP contribution in [0.15, 0.2) is 42.5 Å². The Bertz CT molecular complexity index is 580. The van der Waals surface area contributed by atoms with Crippen molar-refractivity contribution in [3.8, 4) is 5.75 Å². The molecule has 0 aliphatic carbocycles. The zero-order valence-corrected chi connectivity index (χ0v) is 13.2. The Hall–Kier alpha value is -1.54. The van der Waals surface area contributed by atoms with Gasteiger partial charge in [-0.1, -0.05) is 35.9 Å². The first kappa shape index (κ1) is 15.8. The lowest BCUT2D eigenvalue weighted by Gasteiger charge is -2.15. The van der Waals surface area contributed by atoms with Gasteiger partial charge in [-0.2, -0.15) is 0 Å². The van der Waals surface area contributed by atoms with Gasteiger partial charge in [0.1, 0.15) is 0 Å². The topological polar surface area (TPSA) is 9.23 Å². The van der Waals surface area contributed by atoms with E-state index in [1.165, 1.54) is 24.3 Å². The quantitative estimate of drug-likeness (QED) is 0.698. The lowest BCUT2D eigenvalue weighted by Crippen LogP contribution is -2.10. The Kier molecular flexibility index (Phi) is 5.63. The van der Waals surface area contributed by atoms with Crippen molar-refractivity contribution < 1.29 is 9.13 Å². The van der Waals surface area contributed by atoms with E-state index in [1.807, 2.05) is 6.07 Å². The van der Waals surface area contributed by atoms with Gasteiger partial charge in [-0.15, -0.1) is 11.6 Å². The molecule has 0 saturated heterocycles. The standard InChI is InChI=1S/C18H20ClFO/c1-13-3-5-14(6-4-13)9-16(12-19)10-15-7-8-18(21-2)17(20)11-15/h3-8,11,16H,9-10,12H2,1-2H3. The molecule has 0 bridgehead atoms. The minimum Gasteiger partial charge on any atom is -0.494 e. The van der Waals surface area contributed by atoms with Crippen LogP contribution in [0.25, 0.3) is 0 Å². The summed E-state index contributed by atoms with van der Waals surface area (Å²) in [5.74, 6) is 0.808. The SMILES string of the molecule is COc1ccc(CC(CCl)Cc2ccc(C)cc2)cc1F. The largest absolute Gasteiger partial charge is 0.494 e. The highest BCUT2D eigenvalue weighted by Crippen LogP contribution is 2.22. The van der Waals surface area contributed by atoms with E-state index in [2.05, 4.69) is 31.2 Å². The van der Waals surface area contributed by atoms with Crippen LogP contribution < -0.4 is 4.74 Å². The summed E-state index contributed by atoms with van der Waals surface area (Å²) < 4.78 is 18.7. The van der Waals surface area contributed by atoms with Crippen molar-refractivity contribution in [2.75, 3.05) is 13.0 Å². The summed E-state index contributed by atoms with van der Waals surface area (Å²) in [4.78, 5) is 0. The van der Waals surface area contributed by atoms with Gasteiger partial charge >= 0.3 is 0 Å². The molecular weight excluding hydrogens is 287 g/mol. The fourth-order valence-electron chi connectivity index (χ4n) is 2.41. The molecule has 2 aromatic rings. The third-order valence-corrected chi connectivity index (χ3v) is 4.04. The molecule has 1 atom stereocenters. The second-order valence-electron chi connectivity index (χ2n) is 5.38. The van der Waals surface area contributed by atoms with E-state index >= 15 is 0 Å². The third kappa shape index (κ3) is 4.47. The van der Waals surface area contributed by atoms with Gasteiger partial charge in [-0.05, 0) is 48.9 Å². The van der Waals surface area contributed by atoms with Crippen LogP contribution in [0.5, 0.6) is 5.75 Å². The Morgan fingerprint density at radius 3 is 2.24 bits per heavy atom. The molecule has 0 spiro atoms. The highest BCUT2D eigenvalue weighted by atomic mass is 35.5. The summed E-state index contributed by atoms with van der Waals surface area (Å²) in [6, 6.07) is 13.6. The van der Waals surface area contributed by atoms with E-state index in [0.717, 1.165) is 18.4 Å². The first-order chi connectivity index (χ1) is 10.1. The molecule has 0 aliphatic heterocycles. The molecule has 0 amide bonds. The fraction of sp³-hybridized carbons (Fsp3) is 0.333. The zero-order chi connectivity index (χ0) is 15.2. The number of ether oxygens (including phenoxy) is 1. The van der Waals surface area contributed by atoms with E-state index in [4.69, 9.17) is 16.3 Å². The van der Waals surface area contributed by atoms with Crippen molar-refractivity contribution >= 4 is 11.6 Å². The van der Waals surface area contributed by atoms with Crippen LogP contribution in [0.4, 0.5) is 4.39 Å². The Morgan fingerprint density at radius 2 is 1.67 bits per heavy atom. The van der Waals surface area contributed by atoms with E-state index in [0.29, 0.717) is 11.8 Å². The highest BCUT2D eigenvalue weighted by molar-refractivity contribution is 6.18. The molecule has 0 saturated carbocycles. The van der Waals surface area contributed by atoms with Gasteiger partial charge in [0.2, 0.25) is 0 Å². The minimum absolute atomic E-state index is 0.278. The van der Waals surface area contributed by atoms with Crippen molar-refractivity contribution in [2.24, 2.45) is 5.92 Å². The highest BCUT2D eigenvalue weighted by Gasteiger charge is 2.12. The van der Waals surface area contributed by atoms with Crippen molar-refractivity contribution in [1.29, 1.82) is 0 Å². The summed E-state index contributed by atoms with van der Waals surface area (Å²) in [6.07, 6.45) is 1.66. The number of methoxy groups -OCH3 is 1. The molecule has 0 radical (unpaired) electrons. The summed E-state index contributed by atoms with van der Waals surface area (Å²) in [5.41, 5.74) is 3.46. The first-order valence-electron chi connectivity index (χ1n) is 7.06. The molecule has 2 aromatic carbocycles. The Balaban J connectivity index is 2.05. The summed E-state index contributed by atoms with van der Waals surface area (Å²) >= 11 is 6.08. The number of hydrogen-bond donors (Lipinski definition) is 0. The number of aryl methyl sites for hydroxylation is 1. The van der Waals surface area contributed by atoms with E-state index < -0.39 is 0 Å². The lowest BCUT2D eigenvalue weighted by molar-refractivity contribution is 0.386. The van der Waals surface area contributed by atoms with Crippen molar-refractivity contribution in [3.05, 3.63) is 65.0 Å². The molecule has 112 valence electrons. The maximum Gasteiger partial charge on any atom is 0.165 e. The van der Waals surface area contributed by atoms with Crippen LogP contribution >= 0.6 is 11.6 Å². The van der Waals surface area contributed by atoms with Crippen molar-refractivity contribution in [1.82, 2.24) is 0 Å². The number of hydrogen-bond acceptors (Lipinski definition) is 1. The second kappa shape index (κ2) is 7.46. The van der Waals surface area contributed by atoms with E-state index in [-0.39, 0.29) is 11.6 Å². The Labute approximate surface area is 130 Å². The lowest BCUT2D eigenvalue weighted by atomic mass is 9.93. The summed E-state index contributed by atoms with van der Waals surface area (Å²) in [5, 5.41) is 0. The molecule has 0 heterocycles. The fourth-order valence-corrected chi connectivity index (χ4v) is 2.63. The number of rotatable bonds is 6. The van der Waals surface area contributed by atoms with Gasteiger partial charge in [0.25, 0.3) is 0 Å².